The van der Waals surface area contributed by atoms with Crippen LogP contribution in [-0.2, 0) is 11.2 Å². The number of hydrogen-bond donors (Lipinski definition) is 0. The van der Waals surface area contributed by atoms with Crippen molar-refractivity contribution in [1.29, 1.82) is 5.26 Å². The lowest BCUT2D eigenvalue weighted by atomic mass is 9.97. The number of rotatable bonds is 10. The molecule has 36 heavy (non-hydrogen) atoms. The molecule has 4 heteroatoms. The zero-order chi connectivity index (χ0) is 25.3. The minimum Gasteiger partial charge on any atom is -0.333 e. The van der Waals surface area contributed by atoms with Gasteiger partial charge in [-0.1, -0.05) is 74.0 Å². The molecule has 3 aromatic carbocycles. The molecule has 0 heterocycles. The zero-order valence-electron chi connectivity index (χ0n) is 21.2. The summed E-state index contributed by atoms with van der Waals surface area (Å²) in [7, 11) is 2.07. The summed E-state index contributed by atoms with van der Waals surface area (Å²) >= 11 is 0. The maximum Gasteiger partial charge on any atom is 0.148 e. The van der Waals surface area contributed by atoms with Gasteiger partial charge in [0, 0.05) is 36.3 Å². The van der Waals surface area contributed by atoms with Crippen molar-refractivity contribution in [3.63, 3.8) is 0 Å². The van der Waals surface area contributed by atoms with Crippen molar-refractivity contribution < 1.29 is 4.79 Å². The van der Waals surface area contributed by atoms with Crippen molar-refractivity contribution in [2.75, 3.05) is 11.9 Å². The van der Waals surface area contributed by atoms with E-state index in [1.807, 2.05) is 66.7 Å². The van der Waals surface area contributed by atoms with Crippen LogP contribution in [0.1, 0.15) is 50.2 Å². The number of nitrogens with zero attached hydrogens (tertiary/aromatic N) is 3. The summed E-state index contributed by atoms with van der Waals surface area (Å²) in [6.07, 6.45) is 6.63. The van der Waals surface area contributed by atoms with Crippen LogP contribution in [0, 0.1) is 17.2 Å². The predicted octanol–water partition coefficient (Wildman–Crippen LogP) is 7.36. The van der Waals surface area contributed by atoms with Crippen LogP contribution in [0.25, 0.3) is 11.1 Å². The van der Waals surface area contributed by atoms with E-state index in [-0.39, 0.29) is 0 Å². The lowest BCUT2D eigenvalue weighted by molar-refractivity contribution is -0.105. The number of aliphatic imine (C=N–C) groups is 1. The van der Waals surface area contributed by atoms with Crippen LogP contribution in [0.2, 0.25) is 0 Å². The van der Waals surface area contributed by atoms with Gasteiger partial charge in [0.05, 0.1) is 11.6 Å². The third-order valence-electron chi connectivity index (χ3n) is 6.67. The quantitative estimate of drug-likeness (QED) is 0.133. The number of unbranched alkanes of at least 4 members (excludes halogenated alkanes) is 1. The van der Waals surface area contributed by atoms with E-state index < -0.39 is 0 Å². The van der Waals surface area contributed by atoms with Gasteiger partial charge in [-0.15, -0.1) is 0 Å². The highest BCUT2D eigenvalue weighted by molar-refractivity contribution is 6.01. The molecule has 1 aliphatic carbocycles. The average Bonchev–Trinajstić information content (AvgIpc) is 3.78. The first-order chi connectivity index (χ1) is 17.6. The second kappa shape index (κ2) is 12.1. The molecule has 0 unspecified atom stereocenters. The summed E-state index contributed by atoms with van der Waals surface area (Å²) in [6.45, 7) is 2.16. The maximum atomic E-state index is 12.3. The van der Waals surface area contributed by atoms with E-state index in [0.717, 1.165) is 77.9 Å². The normalized spacial score (nSPS) is 14.1. The predicted molar refractivity (Wildman–Crippen MR) is 148 cm³/mol. The number of benzene rings is 3. The van der Waals surface area contributed by atoms with Gasteiger partial charge in [-0.05, 0) is 60.6 Å². The number of carbonyl (C=O) groups excluding carboxylic acids is 1. The second-order valence-corrected chi connectivity index (χ2v) is 9.36. The highest BCUT2D eigenvalue weighted by atomic mass is 16.1. The molecule has 4 nitrogen and oxygen atoms in total. The second-order valence-electron chi connectivity index (χ2n) is 9.36. The van der Waals surface area contributed by atoms with Gasteiger partial charge in [-0.25, -0.2) is 4.99 Å². The summed E-state index contributed by atoms with van der Waals surface area (Å²) in [4.78, 5) is 19.7. The Morgan fingerprint density at radius 3 is 2.36 bits per heavy atom. The SMILES string of the molecule is CCCC/C(N=C(C1CC1)N(C)c1ccccc1)=C(/C=O)Cc1ccc(-c2ccccc2C#N)cc1. The number of hydrogen-bond acceptors (Lipinski definition) is 3. The number of allylic oxidation sites excluding steroid dienone is 2. The van der Waals surface area contributed by atoms with Crippen molar-refractivity contribution in [2.45, 2.75) is 45.4 Å². The van der Waals surface area contributed by atoms with Gasteiger partial charge in [0.2, 0.25) is 0 Å². The number of para-hydroxylation sites is 1. The molecule has 0 N–H and O–H groups in total. The van der Waals surface area contributed by atoms with Crippen molar-refractivity contribution in [3.8, 4) is 17.2 Å². The molecule has 0 saturated heterocycles. The van der Waals surface area contributed by atoms with Crippen LogP contribution in [-0.4, -0.2) is 19.2 Å². The van der Waals surface area contributed by atoms with E-state index in [2.05, 4.69) is 37.1 Å². The zero-order valence-corrected chi connectivity index (χ0v) is 21.2. The molecule has 0 aromatic heterocycles. The molecule has 4 rings (SSSR count). The Hall–Kier alpha value is -3.97. The Morgan fingerprint density at radius 2 is 1.72 bits per heavy atom. The van der Waals surface area contributed by atoms with Crippen molar-refractivity contribution in [3.05, 3.63) is 101 Å². The number of nitriles is 1. The van der Waals surface area contributed by atoms with Crippen LogP contribution >= 0.6 is 0 Å². The third kappa shape index (κ3) is 6.17. The van der Waals surface area contributed by atoms with E-state index in [9.17, 15) is 10.1 Å². The minimum absolute atomic E-state index is 0.444. The van der Waals surface area contributed by atoms with Crippen molar-refractivity contribution in [1.82, 2.24) is 0 Å². The molecule has 0 spiro atoms. The number of carbonyl (C=O) groups is 1. The van der Waals surface area contributed by atoms with Crippen molar-refractivity contribution in [2.24, 2.45) is 10.9 Å². The first-order valence-corrected chi connectivity index (χ1v) is 12.8. The van der Waals surface area contributed by atoms with Gasteiger partial charge in [0.1, 0.15) is 12.1 Å². The topological polar surface area (TPSA) is 56.5 Å². The monoisotopic (exact) mass is 475 g/mol. The van der Waals surface area contributed by atoms with E-state index in [0.29, 0.717) is 17.9 Å². The van der Waals surface area contributed by atoms with Crippen LogP contribution in [0.4, 0.5) is 5.69 Å². The van der Waals surface area contributed by atoms with Crippen LogP contribution in [0.15, 0.2) is 95.1 Å². The van der Waals surface area contributed by atoms with E-state index >= 15 is 0 Å². The molecule has 0 aliphatic heterocycles. The average molecular weight is 476 g/mol. The molecular weight excluding hydrogens is 442 g/mol. The fourth-order valence-electron chi connectivity index (χ4n) is 4.40. The number of anilines is 1. The van der Waals surface area contributed by atoms with Crippen LogP contribution in [0.5, 0.6) is 0 Å². The maximum absolute atomic E-state index is 12.3. The fourth-order valence-corrected chi connectivity index (χ4v) is 4.40. The smallest absolute Gasteiger partial charge is 0.148 e. The Balaban J connectivity index is 1.65. The molecule has 0 amide bonds. The van der Waals surface area contributed by atoms with Gasteiger partial charge in [0.15, 0.2) is 0 Å². The molecule has 1 aliphatic rings. The van der Waals surface area contributed by atoms with Crippen LogP contribution in [0.3, 0.4) is 0 Å². The Bertz CT molecular complexity index is 1280. The van der Waals surface area contributed by atoms with E-state index in [4.69, 9.17) is 4.99 Å². The van der Waals surface area contributed by atoms with E-state index in [1.165, 1.54) is 0 Å². The standard InChI is InChI=1S/C32H33N3O/c1-3-4-14-31(34-32(26-19-20-26)35(2)29-11-6-5-7-12-29)28(23-36)21-24-15-17-25(18-16-24)30-13-9-8-10-27(30)22-33/h5-13,15-18,23,26H,3-4,14,19-21H2,1-2H3/b31-28-,34-32?. The van der Waals surface area contributed by atoms with Gasteiger partial charge in [0.25, 0.3) is 0 Å². The summed E-state index contributed by atoms with van der Waals surface area (Å²) in [5.74, 6) is 1.49. The summed E-state index contributed by atoms with van der Waals surface area (Å²) in [6, 6.07) is 28.3. The molecule has 1 saturated carbocycles. The molecule has 0 bridgehead atoms. The lowest BCUT2D eigenvalue weighted by Gasteiger charge is -2.22. The first kappa shape index (κ1) is 25.1. The van der Waals surface area contributed by atoms with Crippen LogP contribution < -0.4 is 4.90 Å². The summed E-state index contributed by atoms with van der Waals surface area (Å²) in [5, 5.41) is 9.43. The number of aldehydes is 1. The van der Waals surface area contributed by atoms with Crippen molar-refractivity contribution >= 4 is 17.8 Å². The minimum atomic E-state index is 0.444. The molecular formula is C32H33N3O. The number of amidine groups is 1. The molecule has 3 aromatic rings. The van der Waals surface area contributed by atoms with Gasteiger partial charge in [-0.2, -0.15) is 5.26 Å². The lowest BCUT2D eigenvalue weighted by Crippen LogP contribution is -2.28. The summed E-state index contributed by atoms with van der Waals surface area (Å²) in [5.41, 5.74) is 6.39. The highest BCUT2D eigenvalue weighted by Crippen LogP contribution is 2.34. The molecule has 0 radical (unpaired) electrons. The Morgan fingerprint density at radius 1 is 1.03 bits per heavy atom. The van der Waals surface area contributed by atoms with Gasteiger partial charge < -0.3 is 4.90 Å². The Kier molecular flexibility index (Phi) is 8.47. The van der Waals surface area contributed by atoms with E-state index in [1.54, 1.807) is 0 Å². The third-order valence-corrected chi connectivity index (χ3v) is 6.67. The molecule has 0 atom stereocenters. The molecule has 1 fully saturated rings. The van der Waals surface area contributed by atoms with Gasteiger partial charge >= 0.3 is 0 Å². The summed E-state index contributed by atoms with van der Waals surface area (Å²) < 4.78 is 0. The highest BCUT2D eigenvalue weighted by Gasteiger charge is 2.31. The first-order valence-electron chi connectivity index (χ1n) is 12.8. The molecule has 182 valence electrons. The van der Waals surface area contributed by atoms with Gasteiger partial charge in [-0.3, -0.25) is 4.79 Å². The Labute approximate surface area is 214 Å². The largest absolute Gasteiger partial charge is 0.333 e. The fraction of sp³-hybridized carbons (Fsp3) is 0.281.